The van der Waals surface area contributed by atoms with Gasteiger partial charge < -0.3 is 10.1 Å². The third-order valence-electron chi connectivity index (χ3n) is 6.32. The Morgan fingerprint density at radius 2 is 1.96 bits per heavy atom. The van der Waals surface area contributed by atoms with E-state index < -0.39 is 39.4 Å². The Labute approximate surface area is 160 Å². The molecule has 3 aliphatic rings. The van der Waals surface area contributed by atoms with Crippen LogP contribution in [0, 0.1) is 60.9 Å². The summed E-state index contributed by atoms with van der Waals surface area (Å²) in [5.74, 6) is -1.32. The number of rotatable bonds is 2. The van der Waals surface area contributed by atoms with Crippen molar-refractivity contribution in [2.75, 3.05) is 0 Å². The van der Waals surface area contributed by atoms with Crippen LogP contribution in [0.25, 0.3) is 0 Å². The van der Waals surface area contributed by atoms with Gasteiger partial charge in [-0.15, -0.1) is 0 Å². The van der Waals surface area contributed by atoms with Gasteiger partial charge in [0.25, 0.3) is 5.69 Å². The van der Waals surface area contributed by atoms with Gasteiger partial charge in [-0.1, -0.05) is 18.6 Å². The van der Waals surface area contributed by atoms with Crippen molar-refractivity contribution >= 4 is 11.6 Å². The third kappa shape index (κ3) is 1.88. The van der Waals surface area contributed by atoms with Crippen LogP contribution in [0.4, 0.5) is 5.69 Å². The topological polar surface area (TPSA) is 153 Å². The lowest BCUT2D eigenvalue weighted by Gasteiger charge is -2.52. The lowest BCUT2D eigenvalue weighted by Crippen LogP contribution is -2.61. The maximum atomic E-state index is 13.0. The molecular weight excluding hydrogens is 362 g/mol. The summed E-state index contributed by atoms with van der Waals surface area (Å²) in [5.41, 5.74) is -5.21. The first-order valence-electron chi connectivity index (χ1n) is 8.89. The highest BCUT2D eigenvalue weighted by Crippen LogP contribution is 2.67. The first-order chi connectivity index (χ1) is 13.4. The van der Waals surface area contributed by atoms with E-state index in [2.05, 4.69) is 5.32 Å². The smallest absolute Gasteiger partial charge is 0.269 e. The molecule has 9 heteroatoms. The highest BCUT2D eigenvalue weighted by molar-refractivity contribution is 5.92. The van der Waals surface area contributed by atoms with E-state index in [-0.39, 0.29) is 11.3 Å². The molecule has 1 aliphatic carbocycles. The van der Waals surface area contributed by atoms with Crippen molar-refractivity contribution in [3.05, 3.63) is 39.9 Å². The van der Waals surface area contributed by atoms with Crippen LogP contribution in [0.1, 0.15) is 37.4 Å². The van der Waals surface area contributed by atoms with Gasteiger partial charge in [0.15, 0.2) is 5.41 Å². The number of nitrogens with zero attached hydrogens (tertiary/aromatic N) is 4. The van der Waals surface area contributed by atoms with Gasteiger partial charge in [-0.25, -0.2) is 0 Å². The fourth-order valence-corrected chi connectivity index (χ4v) is 5.09. The van der Waals surface area contributed by atoms with E-state index in [0.717, 1.165) is 12.8 Å². The van der Waals surface area contributed by atoms with Crippen LogP contribution in [-0.4, -0.2) is 16.6 Å². The van der Waals surface area contributed by atoms with E-state index in [0.29, 0.717) is 12.8 Å². The molecule has 28 heavy (non-hydrogen) atoms. The Balaban J connectivity index is 1.99. The molecule has 4 unspecified atom stereocenters. The first kappa shape index (κ1) is 17.9. The van der Waals surface area contributed by atoms with Crippen molar-refractivity contribution < 1.29 is 14.5 Å². The van der Waals surface area contributed by atoms with Crippen LogP contribution in [0.3, 0.4) is 0 Å². The molecule has 1 aromatic rings. The molecule has 140 valence electrons. The molecule has 2 aliphatic heterocycles. The Morgan fingerprint density at radius 1 is 1.21 bits per heavy atom. The molecule has 1 saturated carbocycles. The van der Waals surface area contributed by atoms with Crippen LogP contribution >= 0.6 is 0 Å². The Morgan fingerprint density at radius 3 is 2.61 bits per heavy atom. The summed E-state index contributed by atoms with van der Waals surface area (Å²) in [6.45, 7) is 0. The number of benzene rings is 1. The largest absolute Gasteiger partial charge is 0.345 e. The third-order valence-corrected chi connectivity index (χ3v) is 6.32. The average Bonchev–Trinajstić information content (AvgIpc) is 2.92. The highest BCUT2D eigenvalue weighted by atomic mass is 16.6. The zero-order chi connectivity index (χ0) is 20.2. The quantitative estimate of drug-likeness (QED) is 0.612. The summed E-state index contributed by atoms with van der Waals surface area (Å²) in [6.07, 6.45) is 1.15. The van der Waals surface area contributed by atoms with Crippen molar-refractivity contribution in [3.8, 4) is 18.2 Å². The van der Waals surface area contributed by atoms with Crippen molar-refractivity contribution in [2.45, 2.75) is 37.5 Å². The molecule has 4 rings (SSSR count). The number of carbonyl (C=O) groups is 1. The van der Waals surface area contributed by atoms with Gasteiger partial charge in [0, 0.05) is 18.1 Å². The van der Waals surface area contributed by atoms with Crippen LogP contribution in [0.2, 0.25) is 0 Å². The summed E-state index contributed by atoms with van der Waals surface area (Å²) in [5, 5.41) is 44.2. The average molecular weight is 377 g/mol. The van der Waals surface area contributed by atoms with Gasteiger partial charge in [0.05, 0.1) is 23.1 Å². The molecule has 1 amide bonds. The molecule has 2 bridgehead atoms. The number of non-ortho nitro benzene ring substituents is 1. The number of hydrogen-bond donors (Lipinski definition) is 1. The zero-order valence-corrected chi connectivity index (χ0v) is 14.7. The van der Waals surface area contributed by atoms with E-state index in [9.17, 15) is 30.7 Å². The predicted octanol–water partition coefficient (Wildman–Crippen LogP) is 2.23. The molecule has 0 spiro atoms. The van der Waals surface area contributed by atoms with Crippen LogP contribution in [0.15, 0.2) is 24.3 Å². The molecular formula is C19H15N5O4. The second kappa shape index (κ2) is 5.76. The lowest BCUT2D eigenvalue weighted by atomic mass is 9.51. The number of nitrogens with one attached hydrogen (secondary N) is 1. The van der Waals surface area contributed by atoms with E-state index >= 15 is 0 Å². The van der Waals surface area contributed by atoms with Crippen molar-refractivity contribution in [3.63, 3.8) is 0 Å². The number of carbonyl (C=O) groups excluding carboxylic acids is 1. The fraction of sp³-hybridized carbons (Fsp3) is 0.474. The minimum atomic E-state index is -2.14. The summed E-state index contributed by atoms with van der Waals surface area (Å²) in [6, 6.07) is 11.3. The predicted molar refractivity (Wildman–Crippen MR) is 91.5 cm³/mol. The van der Waals surface area contributed by atoms with Crippen molar-refractivity contribution in [1.82, 2.24) is 5.32 Å². The van der Waals surface area contributed by atoms with E-state index in [1.807, 2.05) is 18.2 Å². The Kier molecular flexibility index (Phi) is 3.68. The minimum Gasteiger partial charge on any atom is -0.345 e. The number of nitriles is 3. The number of amides is 1. The number of ether oxygens (including phenoxy) is 1. The van der Waals surface area contributed by atoms with Crippen LogP contribution < -0.4 is 5.32 Å². The number of nitro benzene ring substituents is 1. The molecule has 1 aromatic carbocycles. The van der Waals surface area contributed by atoms with Crippen molar-refractivity contribution in [1.29, 1.82) is 15.8 Å². The summed E-state index contributed by atoms with van der Waals surface area (Å²) in [4.78, 5) is 23.6. The molecule has 2 saturated heterocycles. The van der Waals surface area contributed by atoms with Crippen LogP contribution in [0.5, 0.6) is 0 Å². The van der Waals surface area contributed by atoms with Gasteiger partial charge >= 0.3 is 0 Å². The second-order valence-electron chi connectivity index (χ2n) is 7.44. The Hall–Kier alpha value is -3.48. The maximum Gasteiger partial charge on any atom is 0.269 e. The maximum absolute atomic E-state index is 13.0. The first-order valence-corrected chi connectivity index (χ1v) is 8.89. The number of nitro groups is 1. The molecule has 3 fully saturated rings. The normalized spacial score (nSPS) is 34.8. The zero-order valence-electron chi connectivity index (χ0n) is 14.7. The molecule has 0 aromatic heterocycles. The summed E-state index contributed by atoms with van der Waals surface area (Å²) in [7, 11) is 0. The second-order valence-corrected chi connectivity index (χ2v) is 7.44. The summed E-state index contributed by atoms with van der Waals surface area (Å²) < 4.78 is 6.23. The standard InChI is InChI=1S/C19H15N5O4/c20-9-17(10-21)15(12-4-3-5-13(8-12)24(26)27)28-19-7-2-1-6-14(19)18(17,11-22)16(25)23-19/h3-5,8,14-15H,1-2,6-7H2,(H,23,25). The van der Waals surface area contributed by atoms with Gasteiger partial charge in [-0.05, 0) is 24.8 Å². The van der Waals surface area contributed by atoms with E-state index in [1.54, 1.807) is 0 Å². The molecule has 4 atom stereocenters. The lowest BCUT2D eigenvalue weighted by molar-refractivity contribution is -0.385. The van der Waals surface area contributed by atoms with Gasteiger partial charge in [0.2, 0.25) is 11.3 Å². The fourth-order valence-electron chi connectivity index (χ4n) is 5.09. The molecule has 0 radical (unpaired) electrons. The van der Waals surface area contributed by atoms with Gasteiger partial charge in [0.1, 0.15) is 11.8 Å². The SMILES string of the molecule is N#CC1(C#N)C(c2cccc([N+](=O)[O-])c2)OC23CCCCC2C1(C#N)C(=O)N3. The summed E-state index contributed by atoms with van der Waals surface area (Å²) >= 11 is 0. The highest BCUT2D eigenvalue weighted by Gasteiger charge is 2.80. The van der Waals surface area contributed by atoms with Gasteiger partial charge in [-0.2, -0.15) is 15.8 Å². The molecule has 9 nitrogen and oxygen atoms in total. The Bertz CT molecular complexity index is 1000. The van der Waals surface area contributed by atoms with Crippen molar-refractivity contribution in [2.24, 2.45) is 16.7 Å². The monoisotopic (exact) mass is 377 g/mol. The minimum absolute atomic E-state index is 0.219. The van der Waals surface area contributed by atoms with Gasteiger partial charge in [-0.3, -0.25) is 14.9 Å². The number of hydrogen-bond acceptors (Lipinski definition) is 7. The van der Waals surface area contributed by atoms with E-state index in [4.69, 9.17) is 4.74 Å². The van der Waals surface area contributed by atoms with Crippen LogP contribution in [-0.2, 0) is 9.53 Å². The molecule has 1 N–H and O–H groups in total. The van der Waals surface area contributed by atoms with E-state index in [1.165, 1.54) is 24.3 Å². The molecule has 2 heterocycles.